The van der Waals surface area contributed by atoms with Crippen molar-refractivity contribution in [3.05, 3.63) is 41.7 Å². The van der Waals surface area contributed by atoms with Gasteiger partial charge in [0, 0.05) is 18.2 Å². The second kappa shape index (κ2) is 8.32. The van der Waals surface area contributed by atoms with E-state index in [0.717, 1.165) is 0 Å². The lowest BCUT2D eigenvalue weighted by Crippen LogP contribution is -2.44. The molecule has 0 unspecified atom stereocenters. The molecule has 0 aromatic heterocycles. The number of esters is 1. The quantitative estimate of drug-likeness (QED) is 0.599. The first-order chi connectivity index (χ1) is 10.3. The van der Waals surface area contributed by atoms with E-state index >= 15 is 0 Å². The molecule has 0 N–H and O–H groups in total. The lowest BCUT2D eigenvalue weighted by atomic mass is 10.2. The Morgan fingerprint density at radius 2 is 1.68 bits per heavy atom. The highest BCUT2D eigenvalue weighted by atomic mass is 19.1. The average Bonchev–Trinajstić information content (AvgIpc) is 2.43. The summed E-state index contributed by atoms with van der Waals surface area (Å²) in [5.41, 5.74) is 0.677. The van der Waals surface area contributed by atoms with Gasteiger partial charge in [-0.3, -0.25) is 4.79 Å². The third kappa shape index (κ3) is 5.68. The zero-order valence-corrected chi connectivity index (χ0v) is 13.4. The number of amides is 1. The molecule has 0 bridgehead atoms. The smallest absolute Gasteiger partial charge is 0.331 e. The van der Waals surface area contributed by atoms with Crippen molar-refractivity contribution in [3.63, 3.8) is 0 Å². The zero-order valence-electron chi connectivity index (χ0n) is 13.4. The van der Waals surface area contributed by atoms with Gasteiger partial charge in [-0.15, -0.1) is 0 Å². The summed E-state index contributed by atoms with van der Waals surface area (Å²) in [6.07, 6.45) is 2.73. The van der Waals surface area contributed by atoms with Gasteiger partial charge in [0.15, 0.2) is 6.61 Å². The molecule has 1 aromatic rings. The second-order valence-corrected chi connectivity index (χ2v) is 5.48. The number of nitrogens with zero attached hydrogens (tertiary/aromatic N) is 1. The number of hydrogen-bond donors (Lipinski definition) is 0. The highest BCUT2D eigenvalue weighted by molar-refractivity contribution is 5.89. The van der Waals surface area contributed by atoms with E-state index in [1.165, 1.54) is 24.3 Å². The molecule has 1 amide bonds. The first-order valence-corrected chi connectivity index (χ1v) is 7.23. The summed E-state index contributed by atoms with van der Waals surface area (Å²) >= 11 is 0. The zero-order chi connectivity index (χ0) is 16.7. The maximum atomic E-state index is 12.7. The summed E-state index contributed by atoms with van der Waals surface area (Å²) in [6, 6.07) is 5.78. The Bertz CT molecular complexity index is 527. The maximum absolute atomic E-state index is 12.7. The predicted molar refractivity (Wildman–Crippen MR) is 83.5 cm³/mol. The van der Waals surface area contributed by atoms with Gasteiger partial charge < -0.3 is 9.64 Å². The van der Waals surface area contributed by atoms with Crippen LogP contribution in [0.4, 0.5) is 4.39 Å². The fourth-order valence-corrected chi connectivity index (χ4v) is 2.17. The lowest BCUT2D eigenvalue weighted by Gasteiger charge is -2.30. The number of benzene rings is 1. The van der Waals surface area contributed by atoms with Crippen molar-refractivity contribution in [1.29, 1.82) is 0 Å². The number of rotatable bonds is 6. The average molecular weight is 307 g/mol. The van der Waals surface area contributed by atoms with Crippen LogP contribution in [0.15, 0.2) is 30.3 Å². The summed E-state index contributed by atoms with van der Waals surface area (Å²) in [5.74, 6) is -1.17. The lowest BCUT2D eigenvalue weighted by molar-refractivity contribution is -0.150. The van der Waals surface area contributed by atoms with Crippen molar-refractivity contribution in [1.82, 2.24) is 4.90 Å². The van der Waals surface area contributed by atoms with Crippen LogP contribution in [0.3, 0.4) is 0 Å². The molecule has 0 aliphatic carbocycles. The first-order valence-electron chi connectivity index (χ1n) is 7.23. The topological polar surface area (TPSA) is 46.6 Å². The normalized spacial score (nSPS) is 11.2. The first kappa shape index (κ1) is 17.9. The summed E-state index contributed by atoms with van der Waals surface area (Å²) in [4.78, 5) is 25.3. The van der Waals surface area contributed by atoms with Gasteiger partial charge in [-0.25, -0.2) is 9.18 Å². The van der Waals surface area contributed by atoms with Gasteiger partial charge in [0.05, 0.1) is 0 Å². The standard InChI is InChI=1S/C17H22FNO3/c1-12(2)19(13(3)4)16(20)11-22-17(21)10-7-14-5-8-15(18)9-6-14/h5-10,12-13H,11H2,1-4H3/b10-7+. The second-order valence-electron chi connectivity index (χ2n) is 5.48. The van der Waals surface area contributed by atoms with Crippen LogP contribution in [0.2, 0.25) is 0 Å². The summed E-state index contributed by atoms with van der Waals surface area (Å²) < 4.78 is 17.7. The molecule has 4 nitrogen and oxygen atoms in total. The number of ether oxygens (including phenoxy) is 1. The molecular weight excluding hydrogens is 285 g/mol. The summed E-state index contributed by atoms with van der Waals surface area (Å²) in [7, 11) is 0. The van der Waals surface area contributed by atoms with Crippen LogP contribution < -0.4 is 0 Å². The Hall–Kier alpha value is -2.17. The molecular formula is C17H22FNO3. The Labute approximate surface area is 130 Å². The molecule has 0 aliphatic rings. The van der Waals surface area contributed by atoms with Crippen molar-refractivity contribution in [2.45, 2.75) is 39.8 Å². The fourth-order valence-electron chi connectivity index (χ4n) is 2.17. The van der Waals surface area contributed by atoms with Crippen molar-refractivity contribution in [3.8, 4) is 0 Å². The van der Waals surface area contributed by atoms with Crippen LogP contribution in [0.25, 0.3) is 6.08 Å². The highest BCUT2D eigenvalue weighted by Crippen LogP contribution is 2.07. The largest absolute Gasteiger partial charge is 0.452 e. The van der Waals surface area contributed by atoms with E-state index in [-0.39, 0.29) is 30.4 Å². The SMILES string of the molecule is CC(C)N(C(=O)COC(=O)/C=C/c1ccc(F)cc1)C(C)C. The van der Waals surface area contributed by atoms with Gasteiger partial charge in [0.1, 0.15) is 5.82 Å². The van der Waals surface area contributed by atoms with Crippen LogP contribution in [0.5, 0.6) is 0 Å². The molecule has 1 rings (SSSR count). The molecule has 0 fully saturated rings. The Morgan fingerprint density at radius 3 is 2.18 bits per heavy atom. The monoisotopic (exact) mass is 307 g/mol. The Morgan fingerprint density at radius 1 is 1.14 bits per heavy atom. The Kier molecular flexibility index (Phi) is 6.76. The van der Waals surface area contributed by atoms with Crippen LogP contribution in [0.1, 0.15) is 33.3 Å². The van der Waals surface area contributed by atoms with Crippen LogP contribution in [-0.2, 0) is 14.3 Å². The van der Waals surface area contributed by atoms with E-state index in [1.807, 2.05) is 27.7 Å². The third-order valence-corrected chi connectivity index (χ3v) is 3.02. The number of halogens is 1. The van der Waals surface area contributed by atoms with E-state index in [2.05, 4.69) is 0 Å². The van der Waals surface area contributed by atoms with Gasteiger partial charge in [-0.1, -0.05) is 12.1 Å². The highest BCUT2D eigenvalue weighted by Gasteiger charge is 2.20. The molecule has 0 atom stereocenters. The van der Waals surface area contributed by atoms with E-state index < -0.39 is 5.97 Å². The van der Waals surface area contributed by atoms with Crippen LogP contribution in [-0.4, -0.2) is 35.5 Å². The Balaban J connectivity index is 2.52. The van der Waals surface area contributed by atoms with E-state index in [1.54, 1.807) is 17.0 Å². The van der Waals surface area contributed by atoms with Gasteiger partial charge in [0.2, 0.25) is 0 Å². The fraction of sp³-hybridized carbons (Fsp3) is 0.412. The maximum Gasteiger partial charge on any atom is 0.331 e. The minimum absolute atomic E-state index is 0.0426. The molecule has 0 saturated carbocycles. The molecule has 1 aromatic carbocycles. The number of carbonyl (C=O) groups excluding carboxylic acids is 2. The molecule has 5 heteroatoms. The third-order valence-electron chi connectivity index (χ3n) is 3.02. The van der Waals surface area contributed by atoms with Gasteiger partial charge in [-0.2, -0.15) is 0 Å². The van der Waals surface area contributed by atoms with Crippen LogP contribution in [0, 0.1) is 5.82 Å². The summed E-state index contributed by atoms with van der Waals surface area (Å²) in [5, 5.41) is 0. The van der Waals surface area contributed by atoms with Gasteiger partial charge in [-0.05, 0) is 51.5 Å². The van der Waals surface area contributed by atoms with Crippen molar-refractivity contribution >= 4 is 18.0 Å². The molecule has 0 saturated heterocycles. The van der Waals surface area contributed by atoms with Gasteiger partial charge >= 0.3 is 5.97 Å². The number of hydrogen-bond acceptors (Lipinski definition) is 3. The van der Waals surface area contributed by atoms with Crippen molar-refractivity contribution in [2.24, 2.45) is 0 Å². The molecule has 0 heterocycles. The minimum Gasteiger partial charge on any atom is -0.452 e. The molecule has 0 radical (unpaired) electrons. The van der Waals surface area contributed by atoms with Gasteiger partial charge in [0.25, 0.3) is 5.91 Å². The predicted octanol–water partition coefficient (Wildman–Crippen LogP) is 3.03. The van der Waals surface area contributed by atoms with Crippen molar-refractivity contribution < 1.29 is 18.7 Å². The van der Waals surface area contributed by atoms with Crippen LogP contribution >= 0.6 is 0 Å². The molecule has 0 spiro atoms. The summed E-state index contributed by atoms with van der Waals surface area (Å²) in [6.45, 7) is 7.35. The molecule has 120 valence electrons. The minimum atomic E-state index is -0.606. The molecule has 22 heavy (non-hydrogen) atoms. The van der Waals surface area contributed by atoms with E-state index in [9.17, 15) is 14.0 Å². The van der Waals surface area contributed by atoms with Crippen molar-refractivity contribution in [2.75, 3.05) is 6.61 Å². The number of carbonyl (C=O) groups is 2. The molecule has 0 aliphatic heterocycles. The van der Waals surface area contributed by atoms with E-state index in [4.69, 9.17) is 4.74 Å². The van der Waals surface area contributed by atoms with E-state index in [0.29, 0.717) is 5.56 Å².